The minimum atomic E-state index is 0.247. The van der Waals surface area contributed by atoms with Gasteiger partial charge in [0.15, 0.2) is 5.82 Å². The van der Waals surface area contributed by atoms with Crippen molar-refractivity contribution in [1.29, 1.82) is 0 Å². The normalized spacial score (nSPS) is 13.5. The van der Waals surface area contributed by atoms with Gasteiger partial charge in [-0.1, -0.05) is 42.5 Å². The van der Waals surface area contributed by atoms with Crippen molar-refractivity contribution in [2.45, 2.75) is 6.42 Å². The molecule has 0 unspecified atom stereocenters. The van der Waals surface area contributed by atoms with Crippen LogP contribution in [0.15, 0.2) is 59.6 Å². The molecule has 2 aromatic carbocycles. The monoisotopic (exact) mass is 434 g/mol. The van der Waals surface area contributed by atoms with E-state index in [9.17, 15) is 0 Å². The number of fused-ring (bicyclic) bond motifs is 1. The predicted molar refractivity (Wildman–Crippen MR) is 130 cm³/mol. The molecule has 3 aromatic rings. The first-order valence-electron chi connectivity index (χ1n) is 10.4. The highest BCUT2D eigenvalue weighted by molar-refractivity contribution is 6.28. The number of rotatable bonds is 7. The molecular formula is C24H27ClN6. The van der Waals surface area contributed by atoms with E-state index in [-0.39, 0.29) is 5.28 Å². The van der Waals surface area contributed by atoms with Crippen LogP contribution in [0.3, 0.4) is 0 Å². The molecule has 0 saturated heterocycles. The van der Waals surface area contributed by atoms with Crippen LogP contribution in [-0.4, -0.2) is 62.0 Å². The molecule has 1 aromatic heterocycles. The second-order valence-electron chi connectivity index (χ2n) is 7.93. The first kappa shape index (κ1) is 21.3. The van der Waals surface area contributed by atoms with Gasteiger partial charge in [0.1, 0.15) is 11.4 Å². The van der Waals surface area contributed by atoms with Crippen LogP contribution in [0, 0.1) is 0 Å². The molecule has 0 fully saturated rings. The van der Waals surface area contributed by atoms with E-state index in [4.69, 9.17) is 11.6 Å². The van der Waals surface area contributed by atoms with Crippen LogP contribution in [0.1, 0.15) is 12.0 Å². The van der Waals surface area contributed by atoms with Crippen LogP contribution < -0.4 is 9.80 Å². The summed E-state index contributed by atoms with van der Waals surface area (Å²) in [6, 6.07) is 18.5. The quantitative estimate of drug-likeness (QED) is 0.306. The first-order valence-corrected chi connectivity index (χ1v) is 10.8. The molecule has 7 heteroatoms. The van der Waals surface area contributed by atoms with E-state index >= 15 is 0 Å². The van der Waals surface area contributed by atoms with Gasteiger partial charge in [-0.05, 0) is 56.4 Å². The zero-order valence-electron chi connectivity index (χ0n) is 18.2. The lowest BCUT2D eigenvalue weighted by molar-refractivity contribution is 0.403. The van der Waals surface area contributed by atoms with E-state index in [1.807, 2.05) is 24.4 Å². The smallest absolute Gasteiger partial charge is 0.225 e. The fourth-order valence-corrected chi connectivity index (χ4v) is 3.86. The fourth-order valence-electron chi connectivity index (χ4n) is 3.69. The third kappa shape index (κ3) is 4.86. The van der Waals surface area contributed by atoms with Gasteiger partial charge in [0.05, 0.1) is 6.67 Å². The third-order valence-electron chi connectivity index (χ3n) is 5.21. The Kier molecular flexibility index (Phi) is 6.49. The average molecular weight is 435 g/mol. The summed E-state index contributed by atoms with van der Waals surface area (Å²) in [5.74, 6) is 0.829. The van der Waals surface area contributed by atoms with Crippen LogP contribution in [0.2, 0.25) is 5.28 Å². The molecule has 0 N–H and O–H groups in total. The predicted octanol–water partition coefficient (Wildman–Crippen LogP) is 4.71. The second-order valence-corrected chi connectivity index (χ2v) is 8.27. The second kappa shape index (κ2) is 9.45. The summed E-state index contributed by atoms with van der Waals surface area (Å²) in [6.45, 7) is 2.57. The Labute approximate surface area is 188 Å². The van der Waals surface area contributed by atoms with Crippen molar-refractivity contribution in [2.24, 2.45) is 4.99 Å². The van der Waals surface area contributed by atoms with Crippen molar-refractivity contribution < 1.29 is 0 Å². The fraction of sp³-hybridized carbons (Fsp3) is 0.292. The average Bonchev–Trinajstić information content (AvgIpc) is 3.10. The van der Waals surface area contributed by atoms with Gasteiger partial charge >= 0.3 is 0 Å². The van der Waals surface area contributed by atoms with Crippen molar-refractivity contribution in [3.8, 4) is 11.3 Å². The first-order chi connectivity index (χ1) is 15.0. The molecule has 2 heterocycles. The van der Waals surface area contributed by atoms with Gasteiger partial charge in [-0.15, -0.1) is 0 Å². The lowest BCUT2D eigenvalue weighted by Gasteiger charge is -2.18. The van der Waals surface area contributed by atoms with Gasteiger partial charge in [-0.25, -0.2) is 4.98 Å². The number of aromatic nitrogens is 2. The Morgan fingerprint density at radius 1 is 1.06 bits per heavy atom. The minimum absolute atomic E-state index is 0.247. The maximum Gasteiger partial charge on any atom is 0.225 e. The van der Waals surface area contributed by atoms with Crippen LogP contribution >= 0.6 is 11.6 Å². The number of nitrogens with zero attached hydrogens (tertiary/aromatic N) is 6. The lowest BCUT2D eigenvalue weighted by atomic mass is 10.1. The molecule has 4 rings (SSSR count). The van der Waals surface area contributed by atoms with Gasteiger partial charge in [0.25, 0.3) is 0 Å². The van der Waals surface area contributed by atoms with Gasteiger partial charge in [0.2, 0.25) is 5.28 Å². The van der Waals surface area contributed by atoms with Crippen LogP contribution in [0.4, 0.5) is 17.2 Å². The molecule has 0 saturated carbocycles. The van der Waals surface area contributed by atoms with E-state index in [2.05, 4.69) is 87.2 Å². The summed E-state index contributed by atoms with van der Waals surface area (Å²) < 4.78 is 0. The molecule has 31 heavy (non-hydrogen) atoms. The molecular weight excluding hydrogens is 408 g/mol. The number of aliphatic imine (C=N–C) groups is 1. The molecule has 1 aliphatic rings. The zero-order chi connectivity index (χ0) is 21.8. The van der Waals surface area contributed by atoms with E-state index in [1.54, 1.807) is 0 Å². The summed E-state index contributed by atoms with van der Waals surface area (Å²) in [5.41, 5.74) is 4.98. The molecule has 0 spiro atoms. The van der Waals surface area contributed by atoms with Gasteiger partial charge in [-0.3, -0.25) is 4.99 Å². The molecule has 0 radical (unpaired) electrons. The van der Waals surface area contributed by atoms with E-state index in [1.165, 1.54) is 0 Å². The minimum Gasteiger partial charge on any atom is -0.352 e. The molecule has 0 atom stereocenters. The highest BCUT2D eigenvalue weighted by Crippen LogP contribution is 2.44. The van der Waals surface area contributed by atoms with Crippen LogP contribution in [0.5, 0.6) is 0 Å². The Balaban J connectivity index is 1.59. The number of anilines is 3. The third-order valence-corrected chi connectivity index (χ3v) is 5.38. The number of hydrogen-bond donors (Lipinski definition) is 0. The molecule has 0 aliphatic carbocycles. The van der Waals surface area contributed by atoms with Crippen LogP contribution in [0.25, 0.3) is 11.3 Å². The van der Waals surface area contributed by atoms with E-state index in [0.717, 1.165) is 53.5 Å². The van der Waals surface area contributed by atoms with Crippen molar-refractivity contribution in [2.75, 3.05) is 50.7 Å². The molecule has 0 amide bonds. The van der Waals surface area contributed by atoms with E-state index in [0.29, 0.717) is 6.67 Å². The number of hydrogen-bond acceptors (Lipinski definition) is 6. The lowest BCUT2D eigenvalue weighted by Crippen LogP contribution is -2.24. The number of halogens is 1. The highest BCUT2D eigenvalue weighted by atomic mass is 35.5. The van der Waals surface area contributed by atoms with Crippen molar-refractivity contribution in [3.05, 3.63) is 65.4 Å². The molecule has 160 valence electrons. The summed E-state index contributed by atoms with van der Waals surface area (Å²) in [4.78, 5) is 20.1. The van der Waals surface area contributed by atoms with Crippen molar-refractivity contribution in [3.63, 3.8) is 0 Å². The maximum absolute atomic E-state index is 6.34. The molecule has 0 bridgehead atoms. The Morgan fingerprint density at radius 3 is 2.52 bits per heavy atom. The SMILES string of the molecule is CN(C)CCC/N=C\c1ccc(-c2nc(Cl)nc3c2N(C)CN3c2ccccc2)cc1. The van der Waals surface area contributed by atoms with Gasteiger partial charge < -0.3 is 14.7 Å². The molecule has 1 aliphatic heterocycles. The topological polar surface area (TPSA) is 47.9 Å². The van der Waals surface area contributed by atoms with Gasteiger partial charge in [0, 0.05) is 31.1 Å². The Bertz CT molecular complexity index is 1050. The van der Waals surface area contributed by atoms with Crippen molar-refractivity contribution in [1.82, 2.24) is 14.9 Å². The summed E-state index contributed by atoms with van der Waals surface area (Å²) in [5, 5.41) is 0.247. The van der Waals surface area contributed by atoms with Crippen LogP contribution in [-0.2, 0) is 0 Å². The highest BCUT2D eigenvalue weighted by Gasteiger charge is 2.30. The summed E-state index contributed by atoms with van der Waals surface area (Å²) in [7, 11) is 6.21. The zero-order valence-corrected chi connectivity index (χ0v) is 18.9. The Morgan fingerprint density at radius 2 is 1.81 bits per heavy atom. The largest absolute Gasteiger partial charge is 0.352 e. The standard InChI is InChI=1S/C24H27ClN6/c1-29(2)15-7-14-26-16-18-10-12-19(13-11-18)21-22-23(28-24(25)27-21)31(17-30(22)3)20-8-5-4-6-9-20/h4-6,8-13,16H,7,14-15,17H2,1-3H3/b26-16-. The Hall–Kier alpha value is -2.96. The maximum atomic E-state index is 6.34. The van der Waals surface area contributed by atoms with E-state index < -0.39 is 0 Å². The summed E-state index contributed by atoms with van der Waals surface area (Å²) in [6.07, 6.45) is 2.98. The van der Waals surface area contributed by atoms with Gasteiger partial charge in [-0.2, -0.15) is 4.98 Å². The molecule has 6 nitrogen and oxygen atoms in total. The van der Waals surface area contributed by atoms with Crippen molar-refractivity contribution >= 4 is 35.0 Å². The summed E-state index contributed by atoms with van der Waals surface area (Å²) >= 11 is 6.34. The number of para-hydroxylation sites is 1. The number of benzene rings is 2.